The fourth-order valence-corrected chi connectivity index (χ4v) is 2.46. The van der Waals surface area contributed by atoms with Gasteiger partial charge >= 0.3 is 0 Å². The van der Waals surface area contributed by atoms with E-state index in [9.17, 15) is 0 Å². The highest BCUT2D eigenvalue weighted by molar-refractivity contribution is 5.85. The Balaban J connectivity index is 0.00000312. The summed E-state index contributed by atoms with van der Waals surface area (Å²) >= 11 is 0. The Labute approximate surface area is 156 Å². The lowest BCUT2D eigenvalue weighted by Crippen LogP contribution is -2.17. The maximum absolute atomic E-state index is 5.56. The molecule has 25 heavy (non-hydrogen) atoms. The number of halogens is 1. The lowest BCUT2D eigenvalue weighted by Gasteiger charge is -2.12. The Kier molecular flexibility index (Phi) is 9.51. The summed E-state index contributed by atoms with van der Waals surface area (Å²) in [7, 11) is 3.35. The van der Waals surface area contributed by atoms with Crippen molar-refractivity contribution in [3.05, 3.63) is 66.2 Å². The number of benzene rings is 2. The van der Waals surface area contributed by atoms with E-state index < -0.39 is 0 Å². The maximum Gasteiger partial charge on any atom is 0.161 e. The second kappa shape index (κ2) is 11.4. The summed E-state index contributed by atoms with van der Waals surface area (Å²) in [6.07, 6.45) is 2.63. The minimum absolute atomic E-state index is 0. The Morgan fingerprint density at radius 1 is 1.00 bits per heavy atom. The molecule has 0 bridgehead atoms. The predicted molar refractivity (Wildman–Crippen MR) is 104 cm³/mol. The first-order chi connectivity index (χ1) is 11.8. The van der Waals surface area contributed by atoms with E-state index in [2.05, 4.69) is 18.0 Å². The van der Waals surface area contributed by atoms with Crippen LogP contribution in [0, 0.1) is 0 Å². The molecular formula is C20H26ClNO3. The molecule has 0 spiro atoms. The standard InChI is InChI=1S/C20H25NO3.ClH/c1-4-13-24-19-10-9-16(14-20(19)23-3)15-21-12-11-17-7-5-6-8-18(17)22-2;/h4-10,14,21H,1,11-13,15H2,2-3H3;1H. The summed E-state index contributed by atoms with van der Waals surface area (Å²) in [4.78, 5) is 0. The van der Waals surface area contributed by atoms with Gasteiger partial charge in [0, 0.05) is 6.54 Å². The number of hydrogen-bond acceptors (Lipinski definition) is 4. The molecule has 136 valence electrons. The third-order valence-corrected chi connectivity index (χ3v) is 3.68. The zero-order valence-corrected chi connectivity index (χ0v) is 15.6. The summed E-state index contributed by atoms with van der Waals surface area (Å²) in [6, 6.07) is 14.1. The highest BCUT2D eigenvalue weighted by atomic mass is 35.5. The fourth-order valence-electron chi connectivity index (χ4n) is 2.46. The van der Waals surface area contributed by atoms with E-state index in [4.69, 9.17) is 14.2 Å². The normalized spacial score (nSPS) is 9.84. The average molecular weight is 364 g/mol. The molecule has 0 amide bonds. The molecule has 0 fully saturated rings. The molecule has 0 aromatic heterocycles. The van der Waals surface area contributed by atoms with Crippen LogP contribution < -0.4 is 19.5 Å². The van der Waals surface area contributed by atoms with Crippen molar-refractivity contribution in [1.82, 2.24) is 5.32 Å². The zero-order valence-electron chi connectivity index (χ0n) is 14.8. The third kappa shape index (κ3) is 6.33. The van der Waals surface area contributed by atoms with Gasteiger partial charge in [-0.2, -0.15) is 0 Å². The van der Waals surface area contributed by atoms with Gasteiger partial charge in [0.1, 0.15) is 12.4 Å². The summed E-state index contributed by atoms with van der Waals surface area (Å²) in [5.74, 6) is 2.40. The minimum Gasteiger partial charge on any atom is -0.496 e. The van der Waals surface area contributed by atoms with E-state index in [1.807, 2.05) is 36.4 Å². The van der Waals surface area contributed by atoms with Crippen LogP contribution in [-0.4, -0.2) is 27.4 Å². The van der Waals surface area contributed by atoms with Gasteiger partial charge in [-0.05, 0) is 42.3 Å². The van der Waals surface area contributed by atoms with Crippen molar-refractivity contribution in [2.75, 3.05) is 27.4 Å². The van der Waals surface area contributed by atoms with Crippen LogP contribution >= 0.6 is 12.4 Å². The van der Waals surface area contributed by atoms with Crippen molar-refractivity contribution in [2.24, 2.45) is 0 Å². The molecule has 2 rings (SSSR count). The van der Waals surface area contributed by atoms with Gasteiger partial charge in [-0.15, -0.1) is 12.4 Å². The highest BCUT2D eigenvalue weighted by Gasteiger charge is 2.06. The monoisotopic (exact) mass is 363 g/mol. The Bertz CT molecular complexity index is 661. The number of hydrogen-bond donors (Lipinski definition) is 1. The van der Waals surface area contributed by atoms with Crippen LogP contribution in [0.1, 0.15) is 11.1 Å². The Morgan fingerprint density at radius 3 is 2.48 bits per heavy atom. The molecule has 0 aliphatic heterocycles. The number of methoxy groups -OCH3 is 2. The molecule has 0 saturated carbocycles. The van der Waals surface area contributed by atoms with E-state index in [0.29, 0.717) is 6.61 Å². The lowest BCUT2D eigenvalue weighted by molar-refractivity contribution is 0.326. The first kappa shape index (κ1) is 20.9. The van der Waals surface area contributed by atoms with Gasteiger partial charge in [-0.3, -0.25) is 0 Å². The fraction of sp³-hybridized carbons (Fsp3) is 0.300. The highest BCUT2D eigenvalue weighted by Crippen LogP contribution is 2.28. The van der Waals surface area contributed by atoms with Crippen LogP contribution in [-0.2, 0) is 13.0 Å². The maximum atomic E-state index is 5.56. The average Bonchev–Trinajstić information content (AvgIpc) is 2.64. The summed E-state index contributed by atoms with van der Waals surface area (Å²) in [5.41, 5.74) is 2.36. The summed E-state index contributed by atoms with van der Waals surface area (Å²) in [5, 5.41) is 3.45. The largest absolute Gasteiger partial charge is 0.496 e. The van der Waals surface area contributed by atoms with Crippen molar-refractivity contribution in [2.45, 2.75) is 13.0 Å². The Morgan fingerprint density at radius 2 is 1.76 bits per heavy atom. The molecule has 0 unspecified atom stereocenters. The van der Waals surface area contributed by atoms with E-state index >= 15 is 0 Å². The molecular weight excluding hydrogens is 338 g/mol. The topological polar surface area (TPSA) is 39.7 Å². The van der Waals surface area contributed by atoms with Gasteiger partial charge in [0.25, 0.3) is 0 Å². The van der Waals surface area contributed by atoms with Gasteiger partial charge in [0.2, 0.25) is 0 Å². The van der Waals surface area contributed by atoms with Gasteiger partial charge < -0.3 is 19.5 Å². The van der Waals surface area contributed by atoms with E-state index in [0.717, 1.165) is 42.3 Å². The number of ether oxygens (including phenoxy) is 3. The second-order valence-corrected chi connectivity index (χ2v) is 5.32. The predicted octanol–water partition coefficient (Wildman–Crippen LogP) is 4.02. The lowest BCUT2D eigenvalue weighted by atomic mass is 10.1. The third-order valence-electron chi connectivity index (χ3n) is 3.68. The molecule has 0 radical (unpaired) electrons. The van der Waals surface area contributed by atoms with Gasteiger partial charge in [-0.1, -0.05) is 36.9 Å². The summed E-state index contributed by atoms with van der Waals surface area (Å²) < 4.78 is 16.3. The van der Waals surface area contributed by atoms with Crippen LogP contribution in [0.15, 0.2) is 55.1 Å². The van der Waals surface area contributed by atoms with Crippen molar-refractivity contribution in [1.29, 1.82) is 0 Å². The van der Waals surface area contributed by atoms with Gasteiger partial charge in [-0.25, -0.2) is 0 Å². The van der Waals surface area contributed by atoms with E-state index in [1.165, 1.54) is 5.56 Å². The van der Waals surface area contributed by atoms with Crippen molar-refractivity contribution in [3.63, 3.8) is 0 Å². The van der Waals surface area contributed by atoms with Crippen LogP contribution in [0.25, 0.3) is 0 Å². The molecule has 0 aliphatic carbocycles. The molecule has 5 heteroatoms. The quantitative estimate of drug-likeness (QED) is 0.511. The first-order valence-electron chi connectivity index (χ1n) is 8.01. The second-order valence-electron chi connectivity index (χ2n) is 5.32. The van der Waals surface area contributed by atoms with Crippen LogP contribution in [0.5, 0.6) is 17.2 Å². The SMILES string of the molecule is C=CCOc1ccc(CNCCc2ccccc2OC)cc1OC.Cl. The molecule has 0 atom stereocenters. The van der Waals surface area contributed by atoms with E-state index in [-0.39, 0.29) is 12.4 Å². The molecule has 0 heterocycles. The number of rotatable bonds is 10. The minimum atomic E-state index is 0. The van der Waals surface area contributed by atoms with Gasteiger partial charge in [0.05, 0.1) is 14.2 Å². The molecule has 4 nitrogen and oxygen atoms in total. The first-order valence-corrected chi connectivity index (χ1v) is 8.01. The molecule has 1 N–H and O–H groups in total. The molecule has 0 saturated heterocycles. The van der Waals surface area contributed by atoms with Crippen LogP contribution in [0.3, 0.4) is 0 Å². The smallest absolute Gasteiger partial charge is 0.161 e. The molecule has 2 aromatic carbocycles. The molecule has 2 aromatic rings. The summed E-state index contributed by atoms with van der Waals surface area (Å²) in [6.45, 7) is 5.76. The van der Waals surface area contributed by atoms with E-state index in [1.54, 1.807) is 20.3 Å². The number of para-hydroxylation sites is 1. The van der Waals surface area contributed by atoms with Gasteiger partial charge in [0.15, 0.2) is 11.5 Å². The zero-order chi connectivity index (χ0) is 17.2. The van der Waals surface area contributed by atoms with Crippen LogP contribution in [0.2, 0.25) is 0 Å². The van der Waals surface area contributed by atoms with Crippen molar-refractivity contribution >= 4 is 12.4 Å². The number of nitrogens with one attached hydrogen (secondary N) is 1. The van der Waals surface area contributed by atoms with Crippen molar-refractivity contribution < 1.29 is 14.2 Å². The van der Waals surface area contributed by atoms with Crippen molar-refractivity contribution in [3.8, 4) is 17.2 Å². The van der Waals surface area contributed by atoms with Crippen LogP contribution in [0.4, 0.5) is 0 Å². The molecule has 0 aliphatic rings. The Hall–Kier alpha value is -2.17.